The molecule has 0 saturated heterocycles. The summed E-state index contributed by atoms with van der Waals surface area (Å²) in [5.41, 5.74) is 3.88. The Morgan fingerprint density at radius 2 is 2.04 bits per heavy atom. The molecule has 3 rings (SSSR count). The Morgan fingerprint density at radius 3 is 2.78 bits per heavy atom. The molecule has 7 heteroatoms. The van der Waals surface area contributed by atoms with Gasteiger partial charge < -0.3 is 9.57 Å². The minimum Gasteiger partial charge on any atom is -0.496 e. The first kappa shape index (κ1) is 15.6. The number of hydrogen-bond acceptors (Lipinski definition) is 6. The largest absolute Gasteiger partial charge is 0.496 e. The zero-order valence-corrected chi connectivity index (χ0v) is 14.3. The number of aromatic nitrogens is 4. The number of imidazole rings is 1. The average Bonchev–Trinajstić information content (AvgIpc) is 2.97. The number of rotatable bonds is 5. The van der Waals surface area contributed by atoms with E-state index in [0.29, 0.717) is 16.7 Å². The molecule has 0 aliphatic carbocycles. The summed E-state index contributed by atoms with van der Waals surface area (Å²) >= 11 is 1.55. The molecule has 0 saturated carbocycles. The summed E-state index contributed by atoms with van der Waals surface area (Å²) < 4.78 is 7.05. The molecule has 0 unspecified atom stereocenters. The summed E-state index contributed by atoms with van der Waals surface area (Å²) in [4.78, 5) is 18.8. The molecule has 1 aromatic heterocycles. The lowest BCUT2D eigenvalue weighted by atomic mass is 10.1. The molecule has 120 valence electrons. The number of thioether (sulfide) groups is 1. The van der Waals surface area contributed by atoms with Gasteiger partial charge in [0, 0.05) is 29.3 Å². The van der Waals surface area contributed by atoms with Crippen LogP contribution in [0.25, 0.3) is 11.5 Å². The van der Waals surface area contributed by atoms with Gasteiger partial charge in [0.15, 0.2) is 11.0 Å². The van der Waals surface area contributed by atoms with E-state index in [1.807, 2.05) is 38.4 Å². The molecule has 0 amide bonds. The number of nitrogens with zero attached hydrogens (tertiary/aromatic N) is 4. The van der Waals surface area contributed by atoms with Crippen molar-refractivity contribution >= 4 is 11.8 Å². The van der Waals surface area contributed by atoms with Crippen molar-refractivity contribution in [3.8, 4) is 17.3 Å². The van der Waals surface area contributed by atoms with Crippen LogP contribution in [-0.2, 0) is 5.75 Å². The predicted molar refractivity (Wildman–Crippen MR) is 89.0 cm³/mol. The summed E-state index contributed by atoms with van der Waals surface area (Å²) in [6, 6.07) is 3.80. The summed E-state index contributed by atoms with van der Waals surface area (Å²) in [7, 11) is 3.29. The molecule has 1 aromatic rings. The van der Waals surface area contributed by atoms with Gasteiger partial charge in [0.2, 0.25) is 0 Å². The average molecular weight is 330 g/mol. The molecule has 23 heavy (non-hydrogen) atoms. The van der Waals surface area contributed by atoms with Gasteiger partial charge in [-0.2, -0.15) is 9.71 Å². The van der Waals surface area contributed by atoms with Crippen LogP contribution in [0.5, 0.6) is 5.75 Å². The van der Waals surface area contributed by atoms with Crippen molar-refractivity contribution in [2.45, 2.75) is 24.8 Å². The second-order valence-corrected chi connectivity index (χ2v) is 6.01. The van der Waals surface area contributed by atoms with Crippen LogP contribution < -0.4 is 9.57 Å². The summed E-state index contributed by atoms with van der Waals surface area (Å²) in [6.45, 7) is 4.02. The van der Waals surface area contributed by atoms with Crippen molar-refractivity contribution in [2.24, 2.45) is 0 Å². The lowest BCUT2D eigenvalue weighted by molar-refractivity contribution is 0.167. The lowest BCUT2D eigenvalue weighted by Gasteiger charge is -2.11. The highest BCUT2D eigenvalue weighted by Crippen LogP contribution is 2.30. The van der Waals surface area contributed by atoms with Crippen molar-refractivity contribution in [1.82, 2.24) is 19.7 Å². The van der Waals surface area contributed by atoms with Crippen LogP contribution in [0.1, 0.15) is 16.8 Å². The van der Waals surface area contributed by atoms with Crippen LogP contribution in [0.15, 0.2) is 29.7 Å². The lowest BCUT2D eigenvalue weighted by Crippen LogP contribution is -2.09. The maximum atomic E-state index is 5.45. The van der Waals surface area contributed by atoms with E-state index in [0.717, 1.165) is 28.3 Å². The molecule has 0 spiro atoms. The first-order chi connectivity index (χ1) is 11.1. The van der Waals surface area contributed by atoms with E-state index in [2.05, 4.69) is 15.0 Å². The minimum absolute atomic E-state index is 0.686. The Balaban J connectivity index is 1.83. The normalized spacial score (nSPS) is 11.0. The minimum atomic E-state index is 0.686. The molecule has 0 fully saturated rings. The number of ether oxygens (including phenoxy) is 1. The van der Waals surface area contributed by atoms with Gasteiger partial charge in [-0.3, -0.25) is 4.98 Å². The van der Waals surface area contributed by atoms with Crippen molar-refractivity contribution in [1.29, 1.82) is 0 Å². The number of aryl methyl sites for hydroxylation is 1. The molecule has 0 atom stereocenters. The molecule has 2 aliphatic rings. The molecule has 0 radical (unpaired) electrons. The smallest absolute Gasteiger partial charge is 0.196 e. The van der Waals surface area contributed by atoms with Crippen molar-refractivity contribution in [3.05, 3.63) is 41.3 Å². The molecule has 0 N–H and O–H groups in total. The molecular weight excluding hydrogens is 312 g/mol. The molecule has 0 aromatic carbocycles. The van der Waals surface area contributed by atoms with Gasteiger partial charge in [-0.25, -0.2) is 4.98 Å². The predicted octanol–water partition coefficient (Wildman–Crippen LogP) is 2.75. The highest BCUT2D eigenvalue weighted by Gasteiger charge is 2.16. The van der Waals surface area contributed by atoms with Gasteiger partial charge in [-0.15, -0.1) is 0 Å². The van der Waals surface area contributed by atoms with Gasteiger partial charge >= 0.3 is 0 Å². The zero-order chi connectivity index (χ0) is 16.4. The number of fused-ring (bicyclic) bond motifs is 1. The first-order valence-electron chi connectivity index (χ1n) is 7.15. The highest BCUT2D eigenvalue weighted by atomic mass is 32.2. The highest BCUT2D eigenvalue weighted by molar-refractivity contribution is 7.98. The van der Waals surface area contributed by atoms with Crippen LogP contribution in [-0.4, -0.2) is 33.9 Å². The number of methoxy groups -OCH3 is 1. The van der Waals surface area contributed by atoms with Crippen molar-refractivity contribution in [2.75, 3.05) is 14.2 Å². The monoisotopic (exact) mass is 330 g/mol. The quantitative estimate of drug-likeness (QED) is 0.670. The standard InChI is InChI=1S/C16H18N4O2S/c1-10-8-17-13(11(2)14(10)21-3)9-23-16-18-12-6-5-7-20(22-4)15(12)19-16/h5-8H,9H2,1-4H3. The van der Waals surface area contributed by atoms with Gasteiger partial charge in [0.05, 0.1) is 12.8 Å². The fourth-order valence-electron chi connectivity index (χ4n) is 2.44. The second-order valence-electron chi connectivity index (χ2n) is 5.07. The van der Waals surface area contributed by atoms with Crippen LogP contribution in [0.4, 0.5) is 0 Å². The Kier molecular flexibility index (Phi) is 4.38. The fourth-order valence-corrected chi connectivity index (χ4v) is 3.32. The van der Waals surface area contributed by atoms with Crippen LogP contribution in [0.2, 0.25) is 0 Å². The van der Waals surface area contributed by atoms with Crippen LogP contribution >= 0.6 is 11.8 Å². The third kappa shape index (κ3) is 2.96. The Morgan fingerprint density at radius 1 is 1.22 bits per heavy atom. The third-order valence-electron chi connectivity index (χ3n) is 3.62. The van der Waals surface area contributed by atoms with Gasteiger partial charge in [-0.1, -0.05) is 11.8 Å². The van der Waals surface area contributed by atoms with E-state index >= 15 is 0 Å². The van der Waals surface area contributed by atoms with Gasteiger partial charge in [0.25, 0.3) is 0 Å². The first-order valence-corrected chi connectivity index (χ1v) is 8.14. The van der Waals surface area contributed by atoms with Crippen molar-refractivity contribution in [3.63, 3.8) is 0 Å². The molecule has 3 heterocycles. The topological polar surface area (TPSA) is 62.1 Å². The van der Waals surface area contributed by atoms with Crippen molar-refractivity contribution < 1.29 is 9.57 Å². The van der Waals surface area contributed by atoms with E-state index < -0.39 is 0 Å². The summed E-state index contributed by atoms with van der Waals surface area (Å²) in [5, 5.41) is 0.706. The van der Waals surface area contributed by atoms with E-state index in [1.165, 1.54) is 0 Å². The van der Waals surface area contributed by atoms with E-state index in [9.17, 15) is 0 Å². The third-order valence-corrected chi connectivity index (χ3v) is 4.47. The Labute approximate surface area is 139 Å². The molecule has 0 bridgehead atoms. The maximum absolute atomic E-state index is 5.45. The summed E-state index contributed by atoms with van der Waals surface area (Å²) in [5.74, 6) is 2.29. The molecule has 2 aliphatic heterocycles. The van der Waals surface area contributed by atoms with Gasteiger partial charge in [0.1, 0.15) is 18.6 Å². The van der Waals surface area contributed by atoms with E-state index in [1.54, 1.807) is 30.7 Å². The van der Waals surface area contributed by atoms with E-state index in [-0.39, 0.29) is 0 Å². The Hall–Kier alpha value is -2.28. The number of hydrogen-bond donors (Lipinski definition) is 0. The number of pyridine rings is 2. The van der Waals surface area contributed by atoms with Gasteiger partial charge in [-0.05, 0) is 26.0 Å². The molecule has 6 nitrogen and oxygen atoms in total. The van der Waals surface area contributed by atoms with Crippen LogP contribution in [0.3, 0.4) is 0 Å². The Bertz CT molecular complexity index is 803. The SMILES string of the molecule is COc1c(C)cnc(CSc2nc3cccn(OC)c-3n2)c1C. The maximum Gasteiger partial charge on any atom is 0.196 e. The van der Waals surface area contributed by atoms with Crippen LogP contribution in [0, 0.1) is 13.8 Å². The second kappa shape index (κ2) is 6.45. The zero-order valence-electron chi connectivity index (χ0n) is 13.5. The van der Waals surface area contributed by atoms with E-state index in [4.69, 9.17) is 9.57 Å². The summed E-state index contributed by atoms with van der Waals surface area (Å²) in [6.07, 6.45) is 3.64. The fraction of sp³-hybridized carbons (Fsp3) is 0.312. The molecular formula is C16H18N4O2S.